The van der Waals surface area contributed by atoms with Crippen LogP contribution in [0.4, 0.5) is 11.6 Å². The number of benzene rings is 1. The van der Waals surface area contributed by atoms with E-state index in [2.05, 4.69) is 51.7 Å². The molecule has 2 saturated heterocycles. The molecule has 16 heteroatoms. The normalized spacial score (nSPS) is 22.3. The van der Waals surface area contributed by atoms with E-state index >= 15 is 0 Å². The number of ether oxygens (including phenoxy) is 3. The Morgan fingerprint density at radius 1 is 0.961 bits per heavy atom. The Kier molecular flexibility index (Phi) is 9.45. The van der Waals surface area contributed by atoms with Crippen molar-refractivity contribution in [2.45, 2.75) is 88.9 Å². The van der Waals surface area contributed by atoms with E-state index in [-0.39, 0.29) is 18.8 Å². The molecule has 8 rings (SSSR count). The molecule has 1 N–H and O–H groups in total. The fraction of sp³-hybridized carbons (Fsp3) is 0.457. The number of nitriles is 1. The molecule has 3 fully saturated rings. The number of fused-ring (bicyclic) bond motifs is 2. The van der Waals surface area contributed by atoms with E-state index in [9.17, 15) is 5.26 Å². The molecule has 4 aromatic heterocycles. The van der Waals surface area contributed by atoms with Gasteiger partial charge in [0.15, 0.2) is 5.82 Å². The molecule has 1 saturated carbocycles. The van der Waals surface area contributed by atoms with Gasteiger partial charge in [0.05, 0.1) is 37.6 Å². The highest BCUT2D eigenvalue weighted by molar-refractivity contribution is 5.67. The maximum absolute atomic E-state index is 9.69. The molecule has 16 nitrogen and oxygen atoms in total. The van der Waals surface area contributed by atoms with E-state index in [4.69, 9.17) is 19.3 Å². The number of aromatic nitrogens is 10. The van der Waals surface area contributed by atoms with E-state index in [1.54, 1.807) is 41.6 Å². The minimum absolute atomic E-state index is 0.177. The molecule has 1 aromatic carbocycles. The summed E-state index contributed by atoms with van der Waals surface area (Å²) >= 11 is 0. The summed E-state index contributed by atoms with van der Waals surface area (Å²) in [6, 6.07) is 11.4. The summed E-state index contributed by atoms with van der Waals surface area (Å²) < 4.78 is 21.7. The standard InChI is InChI=1S/C35H39N13O3/c1-23(17-46-22-41-44-45-46)51-32-13-24(3-4-25(32)14-36)26-15-39-35(40-16-26)42-31-18-47(43-34(31)50-21-33-37-11-2-12-38-33)27-5-7-28(8-6-27)48-29-9-10-30(48)20-49-19-29/h2-4,11-13,15-16,18,22-23,27-30H,5-10,17,19-21H2,1H3,(H,39,40,42)/t23?,27?,28?,29-,30+. The fourth-order valence-corrected chi connectivity index (χ4v) is 7.50. The molecular weight excluding hydrogens is 650 g/mol. The van der Waals surface area contributed by atoms with Gasteiger partial charge in [0, 0.05) is 48.5 Å². The SMILES string of the molecule is CC(Cn1cnnn1)Oc1cc(-c2cnc(Nc3cn(C4CCC(N5[C@@H]6CC[C@H]5COC6)CC4)nc3OCc3ncccn3)nc2)ccc1C#N. The third-order valence-electron chi connectivity index (χ3n) is 9.91. The minimum Gasteiger partial charge on any atom is -0.487 e. The molecule has 51 heavy (non-hydrogen) atoms. The van der Waals surface area contributed by atoms with E-state index < -0.39 is 0 Å². The average Bonchev–Trinajstić information content (AvgIpc) is 3.89. The average molecular weight is 690 g/mol. The molecular formula is C35H39N13O3. The van der Waals surface area contributed by atoms with Crippen molar-refractivity contribution in [2.75, 3.05) is 18.5 Å². The van der Waals surface area contributed by atoms with Crippen molar-refractivity contribution in [3.05, 3.63) is 73.0 Å². The van der Waals surface area contributed by atoms with Crippen molar-refractivity contribution in [1.29, 1.82) is 5.26 Å². The van der Waals surface area contributed by atoms with Crippen LogP contribution in [0, 0.1) is 11.3 Å². The van der Waals surface area contributed by atoms with Gasteiger partial charge in [-0.15, -0.1) is 10.2 Å². The highest BCUT2D eigenvalue weighted by Crippen LogP contribution is 2.39. The quantitative estimate of drug-likeness (QED) is 0.198. The van der Waals surface area contributed by atoms with Gasteiger partial charge in [0.2, 0.25) is 5.95 Å². The Balaban J connectivity index is 0.968. The lowest BCUT2D eigenvalue weighted by Gasteiger charge is -2.43. The van der Waals surface area contributed by atoms with Crippen molar-refractivity contribution in [3.63, 3.8) is 0 Å². The van der Waals surface area contributed by atoms with Crippen LogP contribution in [0.2, 0.25) is 0 Å². The van der Waals surface area contributed by atoms with Crippen LogP contribution in [0.1, 0.15) is 62.9 Å². The summed E-state index contributed by atoms with van der Waals surface area (Å²) in [5.74, 6) is 1.86. The zero-order chi connectivity index (χ0) is 34.6. The van der Waals surface area contributed by atoms with Crippen molar-refractivity contribution < 1.29 is 14.2 Å². The van der Waals surface area contributed by atoms with Gasteiger partial charge in [-0.1, -0.05) is 6.07 Å². The molecule has 6 heterocycles. The van der Waals surface area contributed by atoms with E-state index in [0.717, 1.165) is 50.0 Å². The number of hydrogen-bond donors (Lipinski definition) is 1. The Bertz CT molecular complexity index is 1920. The van der Waals surface area contributed by atoms with Crippen molar-refractivity contribution in [3.8, 4) is 28.8 Å². The molecule has 262 valence electrons. The molecule has 0 spiro atoms. The molecule has 1 unspecified atom stereocenters. The van der Waals surface area contributed by atoms with E-state index in [0.29, 0.717) is 59.3 Å². The molecule has 2 bridgehead atoms. The highest BCUT2D eigenvalue weighted by Gasteiger charge is 2.42. The number of morpholine rings is 1. The first kappa shape index (κ1) is 32.7. The lowest BCUT2D eigenvalue weighted by atomic mass is 9.89. The van der Waals surface area contributed by atoms with Gasteiger partial charge in [0.1, 0.15) is 36.5 Å². The first-order valence-corrected chi connectivity index (χ1v) is 17.4. The first-order chi connectivity index (χ1) is 25.1. The van der Waals surface area contributed by atoms with Crippen LogP contribution in [0.25, 0.3) is 11.1 Å². The van der Waals surface area contributed by atoms with Crippen LogP contribution in [0.5, 0.6) is 11.6 Å². The Labute approximate surface area is 294 Å². The predicted octanol–water partition coefficient (Wildman–Crippen LogP) is 4.13. The Morgan fingerprint density at radius 2 is 1.71 bits per heavy atom. The van der Waals surface area contributed by atoms with Crippen LogP contribution in [0.3, 0.4) is 0 Å². The fourth-order valence-electron chi connectivity index (χ4n) is 7.50. The van der Waals surface area contributed by atoms with Crippen LogP contribution in [-0.2, 0) is 17.9 Å². The maximum atomic E-state index is 9.69. The van der Waals surface area contributed by atoms with Gasteiger partial charge >= 0.3 is 0 Å². The number of rotatable bonds is 12. The number of nitrogens with zero attached hydrogens (tertiary/aromatic N) is 12. The van der Waals surface area contributed by atoms with Gasteiger partial charge in [0.25, 0.3) is 5.88 Å². The summed E-state index contributed by atoms with van der Waals surface area (Å²) in [6.07, 6.45) is 16.9. The van der Waals surface area contributed by atoms with Crippen LogP contribution < -0.4 is 14.8 Å². The Morgan fingerprint density at radius 3 is 2.43 bits per heavy atom. The topological polar surface area (TPSA) is 180 Å². The van der Waals surface area contributed by atoms with Gasteiger partial charge in [-0.2, -0.15) is 5.26 Å². The zero-order valence-corrected chi connectivity index (χ0v) is 28.3. The summed E-state index contributed by atoms with van der Waals surface area (Å²) in [6.45, 7) is 4.24. The highest BCUT2D eigenvalue weighted by atomic mass is 16.5. The number of tetrazole rings is 1. The molecule has 3 atom stereocenters. The largest absolute Gasteiger partial charge is 0.487 e. The van der Waals surface area contributed by atoms with Crippen LogP contribution >= 0.6 is 0 Å². The molecule has 3 aliphatic rings. The second kappa shape index (κ2) is 14.8. The van der Waals surface area contributed by atoms with Crippen LogP contribution in [-0.4, -0.2) is 92.3 Å². The van der Waals surface area contributed by atoms with Crippen molar-refractivity contribution in [1.82, 2.24) is 54.8 Å². The zero-order valence-electron chi connectivity index (χ0n) is 28.3. The Hall–Kier alpha value is -5.53. The number of nitrogens with one attached hydrogen (secondary N) is 1. The third-order valence-corrected chi connectivity index (χ3v) is 9.91. The number of anilines is 2. The first-order valence-electron chi connectivity index (χ1n) is 17.4. The monoisotopic (exact) mass is 689 g/mol. The van der Waals surface area contributed by atoms with Crippen molar-refractivity contribution in [2.24, 2.45) is 0 Å². The molecule has 2 aliphatic heterocycles. The lowest BCUT2D eigenvalue weighted by molar-refractivity contribution is -0.0458. The molecule has 0 radical (unpaired) electrons. The second-order valence-corrected chi connectivity index (χ2v) is 13.3. The second-order valence-electron chi connectivity index (χ2n) is 13.3. The summed E-state index contributed by atoms with van der Waals surface area (Å²) in [5, 5.41) is 29.1. The van der Waals surface area contributed by atoms with Gasteiger partial charge in [-0.3, -0.25) is 9.58 Å². The molecule has 5 aromatic rings. The van der Waals surface area contributed by atoms with Gasteiger partial charge in [-0.25, -0.2) is 24.6 Å². The summed E-state index contributed by atoms with van der Waals surface area (Å²) in [5.41, 5.74) is 2.67. The van der Waals surface area contributed by atoms with Gasteiger partial charge < -0.3 is 19.5 Å². The van der Waals surface area contributed by atoms with Crippen LogP contribution in [0.15, 0.2) is 61.6 Å². The maximum Gasteiger partial charge on any atom is 0.257 e. The van der Waals surface area contributed by atoms with E-state index in [1.165, 1.54) is 19.2 Å². The van der Waals surface area contributed by atoms with Gasteiger partial charge in [-0.05, 0) is 79.6 Å². The lowest BCUT2D eigenvalue weighted by Crippen LogP contribution is -2.52. The molecule has 0 amide bonds. The third kappa shape index (κ3) is 7.35. The summed E-state index contributed by atoms with van der Waals surface area (Å²) in [7, 11) is 0. The number of hydrogen-bond acceptors (Lipinski definition) is 14. The minimum atomic E-state index is -0.278. The van der Waals surface area contributed by atoms with Crippen molar-refractivity contribution >= 4 is 11.6 Å². The smallest absolute Gasteiger partial charge is 0.257 e. The summed E-state index contributed by atoms with van der Waals surface area (Å²) in [4.78, 5) is 20.6. The predicted molar refractivity (Wildman–Crippen MR) is 183 cm³/mol. The van der Waals surface area contributed by atoms with E-state index in [1.807, 2.05) is 29.9 Å². The molecule has 1 aliphatic carbocycles.